The minimum atomic E-state index is -1.09. The van der Waals surface area contributed by atoms with E-state index in [9.17, 15) is 14.0 Å². The highest BCUT2D eigenvalue weighted by Crippen LogP contribution is 2.56. The molecule has 2 aromatic carbocycles. The number of rotatable bonds is 3. The fourth-order valence-corrected chi connectivity index (χ4v) is 5.74. The van der Waals surface area contributed by atoms with Gasteiger partial charge < -0.3 is 9.80 Å². The van der Waals surface area contributed by atoms with Gasteiger partial charge in [-0.25, -0.2) is 4.39 Å². The van der Waals surface area contributed by atoms with Crippen LogP contribution in [0.4, 0.5) is 10.1 Å². The predicted molar refractivity (Wildman–Crippen MR) is 108 cm³/mol. The second-order valence-corrected chi connectivity index (χ2v) is 9.12. The molecular formula is C21H18ClFN2O2S. The van der Waals surface area contributed by atoms with Gasteiger partial charge in [0, 0.05) is 34.4 Å². The van der Waals surface area contributed by atoms with E-state index in [0.29, 0.717) is 28.6 Å². The van der Waals surface area contributed by atoms with Crippen LogP contribution in [0, 0.1) is 11.7 Å². The van der Waals surface area contributed by atoms with Gasteiger partial charge in [-0.1, -0.05) is 29.8 Å². The molecule has 0 aromatic heterocycles. The van der Waals surface area contributed by atoms with Gasteiger partial charge in [0.15, 0.2) is 4.87 Å². The lowest BCUT2D eigenvalue weighted by Gasteiger charge is -2.33. The highest BCUT2D eigenvalue weighted by atomic mass is 35.5. The molecule has 144 valence electrons. The lowest BCUT2D eigenvalue weighted by Crippen LogP contribution is -2.50. The van der Waals surface area contributed by atoms with Crippen LogP contribution < -0.4 is 4.90 Å². The first-order valence-corrected chi connectivity index (χ1v) is 10.7. The quantitative estimate of drug-likeness (QED) is 0.754. The SMILES string of the molecule is O=C(C1CC1)N1CCSC12C(=O)N(Cc1ccccc1F)c1ccc(Cl)cc12. The summed E-state index contributed by atoms with van der Waals surface area (Å²) in [5.41, 5.74) is 1.87. The van der Waals surface area contributed by atoms with Crippen molar-refractivity contribution in [2.45, 2.75) is 24.3 Å². The smallest absolute Gasteiger partial charge is 0.268 e. The van der Waals surface area contributed by atoms with E-state index in [-0.39, 0.29) is 30.1 Å². The number of carbonyl (C=O) groups is 2. The first-order chi connectivity index (χ1) is 13.5. The molecule has 0 bridgehead atoms. The molecule has 2 amide bonds. The second-order valence-electron chi connectivity index (χ2n) is 7.40. The Morgan fingerprint density at radius 3 is 2.79 bits per heavy atom. The van der Waals surface area contributed by atoms with Crippen molar-refractivity contribution in [1.29, 1.82) is 0 Å². The molecule has 1 saturated carbocycles. The third-order valence-corrected chi connectivity index (χ3v) is 7.29. The number of nitrogens with zero attached hydrogens (tertiary/aromatic N) is 2. The van der Waals surface area contributed by atoms with Crippen molar-refractivity contribution in [2.75, 3.05) is 17.2 Å². The topological polar surface area (TPSA) is 40.6 Å². The van der Waals surface area contributed by atoms with Crippen LogP contribution in [0.15, 0.2) is 42.5 Å². The zero-order valence-corrected chi connectivity index (χ0v) is 16.6. The number of thioether (sulfide) groups is 1. The molecule has 4 nitrogen and oxygen atoms in total. The largest absolute Gasteiger partial charge is 0.315 e. The van der Waals surface area contributed by atoms with Gasteiger partial charge in [0.1, 0.15) is 5.82 Å². The van der Waals surface area contributed by atoms with Crippen LogP contribution in [-0.2, 0) is 21.0 Å². The Bertz CT molecular complexity index is 996. The van der Waals surface area contributed by atoms with Gasteiger partial charge in [-0.2, -0.15) is 0 Å². The minimum absolute atomic E-state index is 0.0200. The van der Waals surface area contributed by atoms with Crippen LogP contribution in [0.5, 0.6) is 0 Å². The van der Waals surface area contributed by atoms with Crippen LogP contribution in [0.1, 0.15) is 24.0 Å². The van der Waals surface area contributed by atoms with E-state index in [1.807, 2.05) is 0 Å². The fraction of sp³-hybridized carbons (Fsp3) is 0.333. The molecular weight excluding hydrogens is 399 g/mol. The Labute approximate surface area is 171 Å². The van der Waals surface area contributed by atoms with Gasteiger partial charge in [0.05, 0.1) is 12.2 Å². The Morgan fingerprint density at radius 2 is 2.04 bits per heavy atom. The molecule has 1 atom stereocenters. The first-order valence-electron chi connectivity index (χ1n) is 9.33. The standard InChI is InChI=1S/C21H18ClFN2O2S/c22-15-7-8-18-16(11-15)21(25(9-10-28-21)19(26)13-5-6-13)20(27)24(18)12-14-3-1-2-4-17(14)23/h1-4,7-8,11,13H,5-6,9-10,12H2. The number of anilines is 1. The molecule has 2 fully saturated rings. The highest BCUT2D eigenvalue weighted by molar-refractivity contribution is 8.01. The highest BCUT2D eigenvalue weighted by Gasteiger charge is 2.60. The monoisotopic (exact) mass is 416 g/mol. The fourth-order valence-electron chi connectivity index (χ4n) is 4.11. The summed E-state index contributed by atoms with van der Waals surface area (Å²) in [6.45, 7) is 0.652. The molecule has 28 heavy (non-hydrogen) atoms. The van der Waals surface area contributed by atoms with E-state index in [0.717, 1.165) is 18.4 Å². The maximum Gasteiger partial charge on any atom is 0.268 e. The summed E-state index contributed by atoms with van der Waals surface area (Å²) in [6, 6.07) is 11.8. The Kier molecular flexibility index (Phi) is 4.18. The summed E-state index contributed by atoms with van der Waals surface area (Å²) >= 11 is 7.74. The van der Waals surface area contributed by atoms with Crippen LogP contribution in [-0.4, -0.2) is 29.0 Å². The molecule has 1 spiro atoms. The molecule has 0 N–H and O–H groups in total. The van der Waals surface area contributed by atoms with Gasteiger partial charge in [-0.15, -0.1) is 11.8 Å². The summed E-state index contributed by atoms with van der Waals surface area (Å²) in [5, 5.41) is 0.519. The minimum Gasteiger partial charge on any atom is -0.315 e. The number of carbonyl (C=O) groups excluding carboxylic acids is 2. The summed E-state index contributed by atoms with van der Waals surface area (Å²) in [6.07, 6.45) is 1.76. The second kappa shape index (κ2) is 6.49. The van der Waals surface area contributed by atoms with Crippen molar-refractivity contribution >= 4 is 40.9 Å². The Balaban J connectivity index is 1.61. The molecule has 1 unspecified atom stereocenters. The molecule has 2 aliphatic heterocycles. The Hall–Kier alpha value is -2.05. The van der Waals surface area contributed by atoms with Crippen LogP contribution in [0.3, 0.4) is 0 Å². The number of halogens is 2. The molecule has 3 aliphatic rings. The van der Waals surface area contributed by atoms with Gasteiger partial charge in [-0.05, 0) is 37.1 Å². The summed E-state index contributed by atoms with van der Waals surface area (Å²) in [4.78, 5) is 28.9. The zero-order valence-electron chi connectivity index (χ0n) is 15.0. The van der Waals surface area contributed by atoms with E-state index < -0.39 is 4.87 Å². The Morgan fingerprint density at radius 1 is 1.25 bits per heavy atom. The maximum atomic E-state index is 14.3. The summed E-state index contributed by atoms with van der Waals surface area (Å²) < 4.78 is 14.3. The third-order valence-electron chi connectivity index (χ3n) is 5.63. The van der Waals surface area contributed by atoms with Crippen molar-refractivity contribution in [3.63, 3.8) is 0 Å². The molecule has 0 radical (unpaired) electrons. The van der Waals surface area contributed by atoms with E-state index >= 15 is 0 Å². The van der Waals surface area contributed by atoms with Crippen LogP contribution >= 0.6 is 23.4 Å². The number of fused-ring (bicyclic) bond motifs is 2. The molecule has 5 rings (SSSR count). The molecule has 2 aromatic rings. The van der Waals surface area contributed by atoms with Crippen LogP contribution in [0.25, 0.3) is 0 Å². The zero-order chi connectivity index (χ0) is 19.5. The maximum absolute atomic E-state index is 14.3. The number of benzene rings is 2. The van der Waals surface area contributed by atoms with Gasteiger partial charge in [0.2, 0.25) is 5.91 Å². The normalized spacial score (nSPS) is 23.6. The van der Waals surface area contributed by atoms with Gasteiger partial charge in [-0.3, -0.25) is 9.59 Å². The van der Waals surface area contributed by atoms with E-state index in [1.165, 1.54) is 17.8 Å². The van der Waals surface area contributed by atoms with Gasteiger partial charge >= 0.3 is 0 Å². The molecule has 7 heteroatoms. The predicted octanol–water partition coefficient (Wildman–Crippen LogP) is 4.16. The van der Waals surface area contributed by atoms with E-state index in [4.69, 9.17) is 11.6 Å². The molecule has 2 heterocycles. The first kappa shape index (κ1) is 18.0. The van der Waals surface area contributed by atoms with Crippen molar-refractivity contribution in [2.24, 2.45) is 5.92 Å². The number of amides is 2. The molecule has 1 aliphatic carbocycles. The number of hydrogen-bond donors (Lipinski definition) is 0. The van der Waals surface area contributed by atoms with Crippen molar-refractivity contribution in [1.82, 2.24) is 4.90 Å². The number of hydrogen-bond acceptors (Lipinski definition) is 3. The average molecular weight is 417 g/mol. The molecule has 1 saturated heterocycles. The van der Waals surface area contributed by atoms with Crippen molar-refractivity contribution < 1.29 is 14.0 Å². The van der Waals surface area contributed by atoms with Gasteiger partial charge in [0.25, 0.3) is 5.91 Å². The van der Waals surface area contributed by atoms with Crippen LogP contribution in [0.2, 0.25) is 5.02 Å². The van der Waals surface area contributed by atoms with Crippen molar-refractivity contribution in [3.05, 3.63) is 64.4 Å². The lowest BCUT2D eigenvalue weighted by molar-refractivity contribution is -0.141. The summed E-state index contributed by atoms with van der Waals surface area (Å²) in [5.74, 6) is 0.203. The van der Waals surface area contributed by atoms with E-state index in [1.54, 1.807) is 46.2 Å². The third kappa shape index (κ3) is 2.58. The lowest BCUT2D eigenvalue weighted by atomic mass is 10.1. The van der Waals surface area contributed by atoms with Crippen molar-refractivity contribution in [3.8, 4) is 0 Å². The average Bonchev–Trinajstić information content (AvgIpc) is 3.40. The summed E-state index contributed by atoms with van der Waals surface area (Å²) in [7, 11) is 0. The van der Waals surface area contributed by atoms with E-state index in [2.05, 4.69) is 0 Å².